The van der Waals surface area contributed by atoms with Crippen molar-refractivity contribution in [1.29, 1.82) is 0 Å². The van der Waals surface area contributed by atoms with Crippen molar-refractivity contribution in [2.24, 2.45) is 0 Å². The fourth-order valence-electron chi connectivity index (χ4n) is 1.83. The molecule has 0 bridgehead atoms. The molecule has 0 atom stereocenters. The van der Waals surface area contributed by atoms with Crippen LogP contribution in [0.2, 0.25) is 0 Å². The van der Waals surface area contributed by atoms with Crippen LogP contribution >= 0.6 is 0 Å². The first-order valence-electron chi connectivity index (χ1n) is 7.45. The number of rotatable bonds is 12. The van der Waals surface area contributed by atoms with Gasteiger partial charge in [-0.15, -0.1) is 5.10 Å². The van der Waals surface area contributed by atoms with Crippen LogP contribution < -0.4 is 0 Å². The van der Waals surface area contributed by atoms with Crippen LogP contribution in [0.5, 0.6) is 0 Å². The minimum absolute atomic E-state index is 0.148. The molecule has 1 aromatic heterocycles. The van der Waals surface area contributed by atoms with Crippen LogP contribution in [0, 0.1) is 0 Å². The van der Waals surface area contributed by atoms with Gasteiger partial charge in [-0.3, -0.25) is 8.86 Å². The monoisotopic (exact) mass is 345 g/mol. The summed E-state index contributed by atoms with van der Waals surface area (Å²) in [5.74, 6) is -0.512. The number of hydrogen-bond acceptors (Lipinski definition) is 7. The van der Waals surface area contributed by atoms with E-state index in [1.54, 1.807) is 10.9 Å². The highest BCUT2D eigenvalue weighted by atomic mass is 32.2. The summed E-state index contributed by atoms with van der Waals surface area (Å²) in [7, 11) is -3.33. The van der Waals surface area contributed by atoms with Crippen LogP contribution in [0.4, 0.5) is 0 Å². The third-order valence-corrected chi connectivity index (χ3v) is 3.50. The zero-order valence-corrected chi connectivity index (χ0v) is 14.1. The lowest BCUT2D eigenvalue weighted by Gasteiger charge is -2.02. The number of unbranched alkanes of at least 4 members (excludes halogenated alkanes) is 4. The van der Waals surface area contributed by atoms with Crippen molar-refractivity contribution in [2.75, 3.05) is 19.5 Å². The lowest BCUT2D eigenvalue weighted by molar-refractivity contribution is 0.0542. The Labute approximate surface area is 136 Å². The lowest BCUT2D eigenvalue weighted by Crippen LogP contribution is -2.05. The minimum Gasteiger partial charge on any atom is -0.457 e. The summed E-state index contributed by atoms with van der Waals surface area (Å²) in [6.07, 6.45) is 8.59. The van der Waals surface area contributed by atoms with Crippen LogP contribution in [0.1, 0.15) is 42.6 Å². The Morgan fingerprint density at radius 2 is 2.00 bits per heavy atom. The maximum absolute atomic E-state index is 11.5. The fraction of sp³-hybridized carbons (Fsp3) is 0.643. The van der Waals surface area contributed by atoms with Gasteiger partial charge in [0.2, 0.25) is 0 Å². The SMILES string of the molecule is C=CCOC(=O)c1cn(CCCCCCCOS(C)(=O)=O)nn1. The van der Waals surface area contributed by atoms with Crippen LogP contribution in [0.15, 0.2) is 18.9 Å². The Morgan fingerprint density at radius 1 is 1.30 bits per heavy atom. The molecule has 0 saturated heterocycles. The number of aromatic nitrogens is 3. The number of nitrogens with zero attached hydrogens (tertiary/aromatic N) is 3. The molecule has 0 amide bonds. The summed E-state index contributed by atoms with van der Waals surface area (Å²) in [6.45, 7) is 4.51. The molecule has 23 heavy (non-hydrogen) atoms. The molecule has 0 aliphatic carbocycles. The van der Waals surface area contributed by atoms with Gasteiger partial charge in [0.1, 0.15) is 6.61 Å². The Morgan fingerprint density at radius 3 is 2.70 bits per heavy atom. The molecule has 9 heteroatoms. The van der Waals surface area contributed by atoms with E-state index in [0.29, 0.717) is 6.54 Å². The maximum Gasteiger partial charge on any atom is 0.360 e. The number of carbonyl (C=O) groups excluding carboxylic acids is 1. The number of ether oxygens (including phenoxy) is 1. The third kappa shape index (κ3) is 9.09. The average molecular weight is 345 g/mol. The topological polar surface area (TPSA) is 100 Å². The minimum atomic E-state index is -3.33. The molecule has 0 aromatic carbocycles. The van der Waals surface area contributed by atoms with Crippen LogP contribution in [0.25, 0.3) is 0 Å². The normalized spacial score (nSPS) is 11.3. The summed E-state index contributed by atoms with van der Waals surface area (Å²) in [5.41, 5.74) is 0.185. The molecule has 8 nitrogen and oxygen atoms in total. The van der Waals surface area contributed by atoms with E-state index in [9.17, 15) is 13.2 Å². The Balaban J connectivity index is 2.11. The second-order valence-corrected chi connectivity index (χ2v) is 6.69. The first-order valence-corrected chi connectivity index (χ1v) is 9.26. The van der Waals surface area contributed by atoms with E-state index >= 15 is 0 Å². The molecule has 0 N–H and O–H groups in total. The van der Waals surface area contributed by atoms with Crippen molar-refractivity contribution in [3.05, 3.63) is 24.5 Å². The molecule has 0 radical (unpaired) electrons. The largest absolute Gasteiger partial charge is 0.457 e. The molecule has 0 fully saturated rings. The molecule has 0 aliphatic heterocycles. The van der Waals surface area contributed by atoms with Gasteiger partial charge in [0.05, 0.1) is 19.1 Å². The van der Waals surface area contributed by atoms with E-state index in [-0.39, 0.29) is 18.9 Å². The molecule has 0 unspecified atom stereocenters. The highest BCUT2D eigenvalue weighted by Crippen LogP contribution is 2.06. The van der Waals surface area contributed by atoms with Crippen molar-refractivity contribution in [2.45, 2.75) is 38.6 Å². The molecular weight excluding hydrogens is 322 g/mol. The van der Waals surface area contributed by atoms with Crippen LogP contribution in [-0.4, -0.2) is 48.9 Å². The van der Waals surface area contributed by atoms with Crippen molar-refractivity contribution in [1.82, 2.24) is 15.0 Å². The Bertz CT molecular complexity index is 597. The maximum atomic E-state index is 11.5. The molecular formula is C14H23N3O5S. The predicted molar refractivity (Wildman–Crippen MR) is 84.4 cm³/mol. The van der Waals surface area contributed by atoms with E-state index in [1.807, 2.05) is 0 Å². The number of carbonyl (C=O) groups is 1. The predicted octanol–water partition coefficient (Wildman–Crippen LogP) is 1.55. The third-order valence-electron chi connectivity index (χ3n) is 2.91. The van der Waals surface area contributed by atoms with Gasteiger partial charge in [0.15, 0.2) is 5.69 Å². The molecule has 130 valence electrons. The lowest BCUT2D eigenvalue weighted by atomic mass is 10.1. The summed E-state index contributed by atoms with van der Waals surface area (Å²) >= 11 is 0. The van der Waals surface area contributed by atoms with Gasteiger partial charge in [-0.05, 0) is 12.8 Å². The quantitative estimate of drug-likeness (QED) is 0.245. The zero-order chi connectivity index (χ0) is 17.1. The first kappa shape index (κ1) is 19.3. The smallest absolute Gasteiger partial charge is 0.360 e. The molecule has 1 aromatic rings. The standard InChI is InChI=1S/C14H23N3O5S/c1-3-10-21-14(18)13-12-17(16-15-13)9-7-5-4-6-8-11-22-23(2,19)20/h3,12H,1,4-11H2,2H3. The Kier molecular flexibility index (Phi) is 8.49. The first-order chi connectivity index (χ1) is 10.9. The van der Waals surface area contributed by atoms with Gasteiger partial charge in [-0.25, -0.2) is 4.79 Å². The number of hydrogen-bond donors (Lipinski definition) is 0. The average Bonchev–Trinajstić information content (AvgIpc) is 2.95. The highest BCUT2D eigenvalue weighted by Gasteiger charge is 2.11. The van der Waals surface area contributed by atoms with Gasteiger partial charge in [0.25, 0.3) is 10.1 Å². The van der Waals surface area contributed by atoms with E-state index in [0.717, 1.165) is 38.4 Å². The second kappa shape index (κ2) is 10.1. The van der Waals surface area contributed by atoms with Crippen molar-refractivity contribution < 1.29 is 22.1 Å². The molecule has 1 rings (SSSR count). The zero-order valence-electron chi connectivity index (χ0n) is 13.3. The van der Waals surface area contributed by atoms with E-state index in [1.165, 1.54) is 6.08 Å². The molecule has 0 spiro atoms. The van der Waals surface area contributed by atoms with Gasteiger partial charge in [-0.2, -0.15) is 8.42 Å². The molecule has 0 aliphatic rings. The summed E-state index contributed by atoms with van der Waals surface area (Å²) in [4.78, 5) is 11.5. The van der Waals surface area contributed by atoms with E-state index in [4.69, 9.17) is 4.74 Å². The van der Waals surface area contributed by atoms with Gasteiger partial charge >= 0.3 is 5.97 Å². The van der Waals surface area contributed by atoms with Crippen molar-refractivity contribution in [3.63, 3.8) is 0 Å². The fourth-order valence-corrected chi connectivity index (χ4v) is 2.25. The van der Waals surface area contributed by atoms with E-state index < -0.39 is 16.1 Å². The van der Waals surface area contributed by atoms with Crippen LogP contribution in [0.3, 0.4) is 0 Å². The van der Waals surface area contributed by atoms with Crippen LogP contribution in [-0.2, 0) is 25.6 Å². The van der Waals surface area contributed by atoms with Gasteiger partial charge in [-0.1, -0.05) is 37.1 Å². The van der Waals surface area contributed by atoms with Gasteiger partial charge < -0.3 is 4.74 Å². The van der Waals surface area contributed by atoms with Gasteiger partial charge in [0, 0.05) is 6.54 Å². The second-order valence-electron chi connectivity index (χ2n) is 5.05. The van der Waals surface area contributed by atoms with Crippen molar-refractivity contribution in [3.8, 4) is 0 Å². The summed E-state index contributed by atoms with van der Waals surface area (Å²) in [5, 5.41) is 7.64. The van der Waals surface area contributed by atoms with E-state index in [2.05, 4.69) is 21.1 Å². The highest BCUT2D eigenvalue weighted by molar-refractivity contribution is 7.85. The molecule has 0 saturated carbocycles. The number of esters is 1. The summed E-state index contributed by atoms with van der Waals surface area (Å²) in [6, 6.07) is 0. The number of aryl methyl sites for hydroxylation is 1. The Hall–Kier alpha value is -1.74. The van der Waals surface area contributed by atoms with Crippen molar-refractivity contribution >= 4 is 16.1 Å². The summed E-state index contributed by atoms with van der Waals surface area (Å²) < 4.78 is 32.6. The molecule has 1 heterocycles.